The van der Waals surface area contributed by atoms with Crippen LogP contribution in [0.25, 0.3) is 0 Å². The first kappa shape index (κ1) is 12.4. The fourth-order valence-electron chi connectivity index (χ4n) is 1.18. The van der Waals surface area contributed by atoms with Crippen LogP contribution in [0.2, 0.25) is 0 Å². The fourth-order valence-corrected chi connectivity index (χ4v) is 1.18. The molecule has 0 atom stereocenters. The standard InChI is InChI=1S/C11H18N4O/c1-4-11(2,3)8-5-10(15-7-14-8)13-6-9(12)16/h5,7H,4,6H2,1-3H3,(H2,12,16)(H,13,14,15). The van der Waals surface area contributed by atoms with Gasteiger partial charge in [-0.1, -0.05) is 20.8 Å². The van der Waals surface area contributed by atoms with Gasteiger partial charge in [0.2, 0.25) is 5.91 Å². The van der Waals surface area contributed by atoms with Crippen molar-refractivity contribution in [1.82, 2.24) is 9.97 Å². The molecule has 88 valence electrons. The smallest absolute Gasteiger partial charge is 0.236 e. The fraction of sp³-hybridized carbons (Fsp3) is 0.545. The lowest BCUT2D eigenvalue weighted by molar-refractivity contribution is -0.116. The van der Waals surface area contributed by atoms with Gasteiger partial charge in [0.25, 0.3) is 0 Å². The van der Waals surface area contributed by atoms with Crippen molar-refractivity contribution in [3.63, 3.8) is 0 Å². The number of rotatable bonds is 5. The van der Waals surface area contributed by atoms with Crippen molar-refractivity contribution >= 4 is 11.7 Å². The van der Waals surface area contributed by atoms with Gasteiger partial charge in [0.1, 0.15) is 12.1 Å². The summed E-state index contributed by atoms with van der Waals surface area (Å²) < 4.78 is 0. The van der Waals surface area contributed by atoms with E-state index >= 15 is 0 Å². The average Bonchev–Trinajstić information content (AvgIpc) is 2.27. The molecule has 0 aliphatic carbocycles. The highest BCUT2D eigenvalue weighted by molar-refractivity contribution is 5.78. The van der Waals surface area contributed by atoms with E-state index in [1.54, 1.807) is 0 Å². The number of aromatic nitrogens is 2. The van der Waals surface area contributed by atoms with Crippen molar-refractivity contribution in [3.05, 3.63) is 18.1 Å². The number of hydrogen-bond acceptors (Lipinski definition) is 4. The van der Waals surface area contributed by atoms with Crippen molar-refractivity contribution in [2.24, 2.45) is 5.73 Å². The summed E-state index contributed by atoms with van der Waals surface area (Å²) in [5.74, 6) is 0.222. The normalized spacial score (nSPS) is 11.2. The van der Waals surface area contributed by atoms with Crippen molar-refractivity contribution < 1.29 is 4.79 Å². The molecule has 0 fully saturated rings. The molecule has 0 aliphatic heterocycles. The molecule has 1 rings (SSSR count). The molecular formula is C11H18N4O. The van der Waals surface area contributed by atoms with Gasteiger partial charge in [0, 0.05) is 11.5 Å². The van der Waals surface area contributed by atoms with Crippen molar-refractivity contribution in [2.45, 2.75) is 32.6 Å². The van der Waals surface area contributed by atoms with Crippen molar-refractivity contribution in [3.8, 4) is 0 Å². The molecule has 0 aromatic carbocycles. The minimum Gasteiger partial charge on any atom is -0.368 e. The van der Waals surface area contributed by atoms with Crippen molar-refractivity contribution in [2.75, 3.05) is 11.9 Å². The lowest BCUT2D eigenvalue weighted by Gasteiger charge is -2.22. The zero-order chi connectivity index (χ0) is 12.2. The second-order valence-electron chi connectivity index (χ2n) is 4.35. The maximum atomic E-state index is 10.6. The van der Waals surface area contributed by atoms with E-state index in [1.165, 1.54) is 6.33 Å². The van der Waals surface area contributed by atoms with Gasteiger partial charge in [-0.05, 0) is 6.42 Å². The predicted octanol–water partition coefficient (Wildman–Crippen LogP) is 1.06. The lowest BCUT2D eigenvalue weighted by Crippen LogP contribution is -2.23. The molecule has 5 heteroatoms. The third-order valence-electron chi connectivity index (χ3n) is 2.69. The topological polar surface area (TPSA) is 80.9 Å². The van der Waals surface area contributed by atoms with Crippen LogP contribution in [0, 0.1) is 0 Å². The van der Waals surface area contributed by atoms with Crippen LogP contribution in [-0.4, -0.2) is 22.4 Å². The van der Waals surface area contributed by atoms with Crippen LogP contribution in [0.15, 0.2) is 12.4 Å². The average molecular weight is 222 g/mol. The summed E-state index contributed by atoms with van der Waals surface area (Å²) in [4.78, 5) is 18.9. The van der Waals surface area contributed by atoms with Gasteiger partial charge in [-0.2, -0.15) is 0 Å². The number of nitrogens with zero attached hydrogens (tertiary/aromatic N) is 2. The van der Waals surface area contributed by atoms with Crippen LogP contribution in [0.5, 0.6) is 0 Å². The maximum Gasteiger partial charge on any atom is 0.236 e. The van der Waals surface area contributed by atoms with Gasteiger partial charge >= 0.3 is 0 Å². The number of amides is 1. The highest BCUT2D eigenvalue weighted by Crippen LogP contribution is 2.25. The van der Waals surface area contributed by atoms with Gasteiger partial charge in [-0.3, -0.25) is 4.79 Å². The van der Waals surface area contributed by atoms with E-state index in [1.807, 2.05) is 6.07 Å². The monoisotopic (exact) mass is 222 g/mol. The molecule has 0 saturated heterocycles. The maximum absolute atomic E-state index is 10.6. The minimum absolute atomic E-state index is 0.00605. The van der Waals surface area contributed by atoms with E-state index < -0.39 is 5.91 Å². The third-order valence-corrected chi connectivity index (χ3v) is 2.69. The largest absolute Gasteiger partial charge is 0.368 e. The number of hydrogen-bond donors (Lipinski definition) is 2. The predicted molar refractivity (Wildman–Crippen MR) is 63.0 cm³/mol. The molecular weight excluding hydrogens is 204 g/mol. The molecule has 1 aromatic rings. The molecule has 0 aliphatic rings. The van der Waals surface area contributed by atoms with Gasteiger partial charge in [0.15, 0.2) is 0 Å². The molecule has 1 heterocycles. The van der Waals surface area contributed by atoms with Gasteiger partial charge in [-0.15, -0.1) is 0 Å². The molecule has 3 N–H and O–H groups in total. The van der Waals surface area contributed by atoms with Gasteiger partial charge in [0.05, 0.1) is 12.2 Å². The highest BCUT2D eigenvalue weighted by Gasteiger charge is 2.20. The first-order valence-corrected chi connectivity index (χ1v) is 5.30. The summed E-state index contributed by atoms with van der Waals surface area (Å²) in [6, 6.07) is 1.85. The Kier molecular flexibility index (Phi) is 3.82. The highest BCUT2D eigenvalue weighted by atomic mass is 16.1. The van der Waals surface area contributed by atoms with Crippen LogP contribution < -0.4 is 11.1 Å². The first-order valence-electron chi connectivity index (χ1n) is 5.30. The summed E-state index contributed by atoms with van der Waals surface area (Å²) in [6.07, 6.45) is 2.48. The Morgan fingerprint density at radius 2 is 2.19 bits per heavy atom. The number of primary amides is 1. The van der Waals surface area contributed by atoms with Crippen molar-refractivity contribution in [1.29, 1.82) is 0 Å². The molecule has 0 radical (unpaired) electrons. The molecule has 0 saturated carbocycles. The molecule has 0 unspecified atom stereocenters. The second-order valence-corrected chi connectivity index (χ2v) is 4.35. The molecule has 0 spiro atoms. The zero-order valence-corrected chi connectivity index (χ0v) is 9.95. The quantitative estimate of drug-likeness (QED) is 0.780. The van der Waals surface area contributed by atoms with E-state index in [4.69, 9.17) is 5.73 Å². The van der Waals surface area contributed by atoms with Crippen LogP contribution in [0.3, 0.4) is 0 Å². The van der Waals surface area contributed by atoms with Crippen LogP contribution in [0.4, 0.5) is 5.82 Å². The molecule has 1 amide bonds. The lowest BCUT2D eigenvalue weighted by atomic mass is 9.86. The molecule has 1 aromatic heterocycles. The Bertz CT molecular complexity index is 376. The zero-order valence-electron chi connectivity index (χ0n) is 9.95. The molecule has 16 heavy (non-hydrogen) atoms. The Morgan fingerprint density at radius 1 is 1.50 bits per heavy atom. The third kappa shape index (κ3) is 3.18. The van der Waals surface area contributed by atoms with Gasteiger partial charge < -0.3 is 11.1 Å². The second kappa shape index (κ2) is 4.92. The number of nitrogens with one attached hydrogen (secondary N) is 1. The van der Waals surface area contributed by atoms with E-state index in [9.17, 15) is 4.79 Å². The molecule has 0 bridgehead atoms. The SMILES string of the molecule is CCC(C)(C)c1cc(NCC(N)=O)ncn1. The Hall–Kier alpha value is -1.65. The van der Waals surface area contributed by atoms with Crippen LogP contribution >= 0.6 is 0 Å². The number of nitrogens with two attached hydrogens (primary N) is 1. The first-order chi connectivity index (χ1) is 7.45. The van der Waals surface area contributed by atoms with E-state index in [-0.39, 0.29) is 12.0 Å². The minimum atomic E-state index is -0.407. The summed E-state index contributed by atoms with van der Waals surface area (Å²) in [7, 11) is 0. The number of carbonyl (C=O) groups is 1. The summed E-state index contributed by atoms with van der Waals surface area (Å²) in [5.41, 5.74) is 6.01. The molecule has 5 nitrogen and oxygen atoms in total. The van der Waals surface area contributed by atoms with E-state index in [0.717, 1.165) is 12.1 Å². The van der Waals surface area contributed by atoms with E-state index in [0.29, 0.717) is 5.82 Å². The summed E-state index contributed by atoms with van der Waals surface area (Å²) >= 11 is 0. The van der Waals surface area contributed by atoms with Crippen LogP contribution in [-0.2, 0) is 10.2 Å². The number of carbonyl (C=O) groups excluding carboxylic acids is 1. The Morgan fingerprint density at radius 3 is 2.75 bits per heavy atom. The Labute approximate surface area is 95.5 Å². The summed E-state index contributed by atoms with van der Waals surface area (Å²) in [6.45, 7) is 6.43. The van der Waals surface area contributed by atoms with Crippen LogP contribution in [0.1, 0.15) is 32.9 Å². The van der Waals surface area contributed by atoms with Gasteiger partial charge in [-0.25, -0.2) is 9.97 Å². The number of anilines is 1. The summed E-state index contributed by atoms with van der Waals surface area (Å²) in [5, 5.41) is 2.86. The van der Waals surface area contributed by atoms with E-state index in [2.05, 4.69) is 36.1 Å². The Balaban J connectivity index is 2.83.